The third kappa shape index (κ3) is 7.12. The van der Waals surface area contributed by atoms with Crippen molar-refractivity contribution in [3.8, 4) is 17.0 Å². The molecule has 0 fully saturated rings. The van der Waals surface area contributed by atoms with Gasteiger partial charge >= 0.3 is 0 Å². The number of amides is 1. The molecule has 5 rings (SSSR count). The molecule has 10 heteroatoms. The fourth-order valence-electron chi connectivity index (χ4n) is 3.66. The summed E-state index contributed by atoms with van der Waals surface area (Å²) in [5.74, 6) is -0.199. The average molecular weight is 636 g/mol. The van der Waals surface area contributed by atoms with Gasteiger partial charge in [0.15, 0.2) is 5.13 Å². The summed E-state index contributed by atoms with van der Waals surface area (Å²) in [5.41, 5.74) is 6.61. The molecule has 0 bridgehead atoms. The molecule has 6 nitrogen and oxygen atoms in total. The van der Waals surface area contributed by atoms with E-state index in [1.165, 1.54) is 23.6 Å². The molecule has 0 saturated carbocycles. The fourth-order valence-corrected chi connectivity index (χ4v) is 4.91. The second-order valence-corrected chi connectivity index (χ2v) is 10.7. The Morgan fingerprint density at radius 1 is 1.05 bits per heavy atom. The number of benzene rings is 4. The first-order valence-corrected chi connectivity index (χ1v) is 14.1. The number of nitrogens with one attached hydrogen (secondary N) is 2. The molecule has 0 atom stereocenters. The Kier molecular flexibility index (Phi) is 8.85. The number of hydrazone groups is 1. The molecule has 1 amide bonds. The molecule has 1 aromatic heterocycles. The van der Waals surface area contributed by atoms with Gasteiger partial charge < -0.3 is 10.1 Å². The summed E-state index contributed by atoms with van der Waals surface area (Å²) >= 11 is 10.9. The van der Waals surface area contributed by atoms with Crippen molar-refractivity contribution < 1.29 is 13.9 Å². The van der Waals surface area contributed by atoms with Crippen LogP contribution in [0.2, 0.25) is 5.02 Å². The minimum Gasteiger partial charge on any atom is -0.488 e. The summed E-state index contributed by atoms with van der Waals surface area (Å²) in [6.07, 6.45) is 1.48. The van der Waals surface area contributed by atoms with Gasteiger partial charge in [0.25, 0.3) is 5.91 Å². The summed E-state index contributed by atoms with van der Waals surface area (Å²) in [6.45, 7) is 0.0610. The molecule has 0 radical (unpaired) electrons. The maximum atomic E-state index is 14.0. The van der Waals surface area contributed by atoms with Gasteiger partial charge in [-0.15, -0.1) is 11.3 Å². The van der Waals surface area contributed by atoms with E-state index >= 15 is 0 Å². The first-order chi connectivity index (χ1) is 19.4. The highest BCUT2D eigenvalue weighted by Crippen LogP contribution is 2.28. The van der Waals surface area contributed by atoms with Gasteiger partial charge in [-0.2, -0.15) is 5.10 Å². The van der Waals surface area contributed by atoms with Crippen LogP contribution in [0.4, 0.5) is 15.2 Å². The molecule has 0 aliphatic heterocycles. The lowest BCUT2D eigenvalue weighted by molar-refractivity contribution is 0.0955. The summed E-state index contributed by atoms with van der Waals surface area (Å²) in [7, 11) is 0. The van der Waals surface area contributed by atoms with E-state index in [1.807, 2.05) is 47.8 Å². The Hall–Kier alpha value is -4.05. The lowest BCUT2D eigenvalue weighted by Crippen LogP contribution is -2.17. The van der Waals surface area contributed by atoms with E-state index in [9.17, 15) is 9.18 Å². The van der Waals surface area contributed by atoms with E-state index in [0.29, 0.717) is 27.5 Å². The minimum atomic E-state index is -0.366. The average Bonchev–Trinajstić information content (AvgIpc) is 3.43. The van der Waals surface area contributed by atoms with Crippen LogP contribution < -0.4 is 15.5 Å². The van der Waals surface area contributed by atoms with Gasteiger partial charge in [-0.3, -0.25) is 4.79 Å². The number of carbonyl (C=O) groups is 1. The topological polar surface area (TPSA) is 75.6 Å². The zero-order valence-electron chi connectivity index (χ0n) is 20.8. The maximum Gasteiger partial charge on any atom is 0.271 e. The number of hydrogen-bond donors (Lipinski definition) is 2. The molecule has 1 heterocycles. The zero-order chi connectivity index (χ0) is 27.9. The standard InChI is InChI=1S/C30H21BrClFN4O2S/c31-23-9-14-28(39-17-21-3-1-2-4-26(21)33)22(15-23)16-34-37-29(38)20-7-5-19(6-8-20)27-18-40-30(36-27)35-25-12-10-24(32)11-13-25/h1-16,18H,17H2,(H,35,36)(H,37,38)/b34-16-. The molecule has 0 aliphatic rings. The molecule has 5 aromatic rings. The first-order valence-electron chi connectivity index (χ1n) is 12.0. The molecule has 0 unspecified atom stereocenters. The molecular weight excluding hydrogens is 615 g/mol. The van der Waals surface area contributed by atoms with Crippen molar-refractivity contribution in [3.63, 3.8) is 0 Å². The zero-order valence-corrected chi connectivity index (χ0v) is 23.9. The number of anilines is 2. The molecular formula is C30H21BrClFN4O2S. The summed E-state index contributed by atoms with van der Waals surface area (Å²) < 4.78 is 20.6. The summed E-state index contributed by atoms with van der Waals surface area (Å²) in [4.78, 5) is 17.3. The third-order valence-electron chi connectivity index (χ3n) is 5.73. The highest BCUT2D eigenvalue weighted by molar-refractivity contribution is 9.10. The fraction of sp³-hybridized carbons (Fsp3) is 0.0333. The van der Waals surface area contributed by atoms with Crippen molar-refractivity contribution in [2.75, 3.05) is 5.32 Å². The number of hydrogen-bond acceptors (Lipinski definition) is 6. The largest absolute Gasteiger partial charge is 0.488 e. The quantitative estimate of drug-likeness (QED) is 0.126. The Morgan fingerprint density at radius 3 is 2.60 bits per heavy atom. The van der Waals surface area contributed by atoms with E-state index in [4.69, 9.17) is 16.3 Å². The molecule has 0 saturated heterocycles. The van der Waals surface area contributed by atoms with Crippen molar-refractivity contribution in [2.45, 2.75) is 6.61 Å². The van der Waals surface area contributed by atoms with Crippen LogP contribution in [0.25, 0.3) is 11.3 Å². The van der Waals surface area contributed by atoms with Gasteiger partial charge in [0.05, 0.1) is 11.9 Å². The van der Waals surface area contributed by atoms with Crippen molar-refractivity contribution in [2.24, 2.45) is 5.10 Å². The van der Waals surface area contributed by atoms with E-state index < -0.39 is 0 Å². The van der Waals surface area contributed by atoms with Crippen LogP contribution >= 0.6 is 38.9 Å². The highest BCUT2D eigenvalue weighted by Gasteiger charge is 2.10. The number of nitrogens with zero attached hydrogens (tertiary/aromatic N) is 2. The molecule has 0 spiro atoms. The predicted molar refractivity (Wildman–Crippen MR) is 162 cm³/mol. The van der Waals surface area contributed by atoms with Crippen LogP contribution in [0.1, 0.15) is 21.5 Å². The van der Waals surface area contributed by atoms with Gasteiger partial charge in [0.2, 0.25) is 0 Å². The van der Waals surface area contributed by atoms with Gasteiger partial charge in [0.1, 0.15) is 18.2 Å². The van der Waals surface area contributed by atoms with Gasteiger partial charge in [0, 0.05) is 42.8 Å². The van der Waals surface area contributed by atoms with Crippen LogP contribution in [-0.4, -0.2) is 17.1 Å². The summed E-state index contributed by atoms with van der Waals surface area (Å²) in [5, 5.41) is 10.7. The van der Waals surface area contributed by atoms with Crippen LogP contribution in [0.3, 0.4) is 0 Å². The van der Waals surface area contributed by atoms with Crippen molar-refractivity contribution in [1.29, 1.82) is 0 Å². The SMILES string of the molecule is O=C(N/N=C\c1cc(Br)ccc1OCc1ccccc1F)c1ccc(-c2csc(Nc3ccc(Cl)cc3)n2)cc1. The van der Waals surface area contributed by atoms with Crippen LogP contribution in [0, 0.1) is 5.82 Å². The lowest BCUT2D eigenvalue weighted by Gasteiger charge is -2.10. The highest BCUT2D eigenvalue weighted by atomic mass is 79.9. The molecule has 2 N–H and O–H groups in total. The number of aromatic nitrogens is 1. The molecule has 200 valence electrons. The second kappa shape index (κ2) is 12.9. The Morgan fingerprint density at radius 2 is 1.82 bits per heavy atom. The normalized spacial score (nSPS) is 11.0. The smallest absolute Gasteiger partial charge is 0.271 e. The number of carbonyl (C=O) groups excluding carboxylic acids is 1. The summed E-state index contributed by atoms with van der Waals surface area (Å²) in [6, 6.07) is 26.3. The molecule has 0 aliphatic carbocycles. The Bertz CT molecular complexity index is 1660. The number of rotatable bonds is 9. The van der Waals surface area contributed by atoms with Gasteiger partial charge in [-0.25, -0.2) is 14.8 Å². The van der Waals surface area contributed by atoms with Crippen molar-refractivity contribution in [3.05, 3.63) is 128 Å². The lowest BCUT2D eigenvalue weighted by atomic mass is 10.1. The number of thiazole rings is 1. The van der Waals surface area contributed by atoms with E-state index in [2.05, 4.69) is 36.8 Å². The predicted octanol–water partition coefficient (Wildman–Crippen LogP) is 8.45. The van der Waals surface area contributed by atoms with E-state index in [-0.39, 0.29) is 18.3 Å². The monoisotopic (exact) mass is 634 g/mol. The second-order valence-electron chi connectivity index (χ2n) is 8.51. The first kappa shape index (κ1) is 27.5. The third-order valence-corrected chi connectivity index (χ3v) is 7.23. The Labute approximate surface area is 247 Å². The van der Waals surface area contributed by atoms with Crippen LogP contribution in [-0.2, 0) is 6.61 Å². The van der Waals surface area contributed by atoms with Crippen LogP contribution in [0.5, 0.6) is 5.75 Å². The van der Waals surface area contributed by atoms with E-state index in [0.717, 1.165) is 26.5 Å². The van der Waals surface area contributed by atoms with Gasteiger partial charge in [-0.1, -0.05) is 57.9 Å². The van der Waals surface area contributed by atoms with Crippen LogP contribution in [0.15, 0.2) is 106 Å². The Balaban J connectivity index is 1.20. The maximum absolute atomic E-state index is 14.0. The van der Waals surface area contributed by atoms with Crippen molar-refractivity contribution >= 4 is 61.8 Å². The molecule has 40 heavy (non-hydrogen) atoms. The van der Waals surface area contributed by atoms with E-state index in [1.54, 1.807) is 42.5 Å². The minimum absolute atomic E-state index is 0.0610. The van der Waals surface area contributed by atoms with Crippen molar-refractivity contribution in [1.82, 2.24) is 10.4 Å². The van der Waals surface area contributed by atoms with Gasteiger partial charge in [-0.05, 0) is 60.7 Å². The number of halogens is 3. The molecule has 4 aromatic carbocycles. The number of ether oxygens (including phenoxy) is 1.